The molecule has 0 aliphatic carbocycles. The number of nitrogens with one attached hydrogen (secondary N) is 1. The van der Waals surface area contributed by atoms with Gasteiger partial charge in [-0.25, -0.2) is 0 Å². The fourth-order valence-electron chi connectivity index (χ4n) is 2.83. The third kappa shape index (κ3) is 3.45. The smallest absolute Gasteiger partial charge is 0.123 e. The van der Waals surface area contributed by atoms with E-state index in [1.165, 1.54) is 22.3 Å². The van der Waals surface area contributed by atoms with E-state index in [2.05, 4.69) is 68.6 Å². The Kier molecular flexibility index (Phi) is 3.73. The maximum atomic E-state index is 5.91. The summed E-state index contributed by atoms with van der Waals surface area (Å²) in [6.45, 7) is 8.19. The van der Waals surface area contributed by atoms with Crippen LogP contribution in [0.3, 0.4) is 0 Å². The largest absolute Gasteiger partial charge is 0.487 e. The van der Waals surface area contributed by atoms with E-state index < -0.39 is 0 Å². The van der Waals surface area contributed by atoms with Crippen LogP contribution in [0.15, 0.2) is 42.5 Å². The number of benzene rings is 2. The van der Waals surface area contributed by atoms with Gasteiger partial charge in [0.05, 0.1) is 0 Å². The van der Waals surface area contributed by atoms with Crippen LogP contribution in [0.2, 0.25) is 0 Å². The van der Waals surface area contributed by atoms with Crippen LogP contribution in [0.25, 0.3) is 0 Å². The van der Waals surface area contributed by atoms with Crippen LogP contribution < -0.4 is 10.1 Å². The molecule has 3 rings (SSSR count). The second-order valence-electron chi connectivity index (χ2n) is 6.57. The van der Waals surface area contributed by atoms with Gasteiger partial charge in [-0.3, -0.25) is 0 Å². The summed E-state index contributed by atoms with van der Waals surface area (Å²) in [5, 5.41) is 3.51. The van der Waals surface area contributed by atoms with Gasteiger partial charge in [0.25, 0.3) is 0 Å². The lowest BCUT2D eigenvalue weighted by Gasteiger charge is -2.16. The fourth-order valence-corrected chi connectivity index (χ4v) is 2.83. The van der Waals surface area contributed by atoms with E-state index >= 15 is 0 Å². The van der Waals surface area contributed by atoms with Gasteiger partial charge in [0, 0.05) is 19.5 Å². The van der Waals surface area contributed by atoms with Crippen LogP contribution in [0, 0.1) is 6.92 Å². The predicted octanol–water partition coefficient (Wildman–Crippen LogP) is 4.00. The molecule has 2 heteroatoms. The molecule has 1 heterocycles. The number of aryl methyl sites for hydroxylation is 1. The maximum absolute atomic E-state index is 5.91. The number of ether oxygens (including phenoxy) is 1. The highest BCUT2D eigenvalue weighted by Gasteiger charge is 2.29. The van der Waals surface area contributed by atoms with Gasteiger partial charge in [-0.05, 0) is 43.5 Å². The van der Waals surface area contributed by atoms with E-state index in [-0.39, 0.29) is 5.60 Å². The molecule has 21 heavy (non-hydrogen) atoms. The summed E-state index contributed by atoms with van der Waals surface area (Å²) in [6.07, 6.45) is 0.994. The number of hydrogen-bond acceptors (Lipinski definition) is 2. The van der Waals surface area contributed by atoms with Crippen LogP contribution >= 0.6 is 0 Å². The van der Waals surface area contributed by atoms with Gasteiger partial charge in [0.2, 0.25) is 0 Å². The zero-order valence-corrected chi connectivity index (χ0v) is 13.1. The van der Waals surface area contributed by atoms with Crippen molar-refractivity contribution in [2.24, 2.45) is 0 Å². The molecule has 0 saturated heterocycles. The Bertz CT molecular complexity index is 629. The zero-order valence-electron chi connectivity index (χ0n) is 13.1. The van der Waals surface area contributed by atoms with Crippen LogP contribution in [-0.2, 0) is 19.5 Å². The van der Waals surface area contributed by atoms with Gasteiger partial charge >= 0.3 is 0 Å². The minimum Gasteiger partial charge on any atom is -0.487 e. The molecule has 0 fully saturated rings. The maximum Gasteiger partial charge on any atom is 0.123 e. The summed E-state index contributed by atoms with van der Waals surface area (Å²) in [4.78, 5) is 0. The molecule has 110 valence electrons. The zero-order chi connectivity index (χ0) is 14.9. The Balaban J connectivity index is 1.58. The summed E-state index contributed by atoms with van der Waals surface area (Å²) >= 11 is 0. The van der Waals surface area contributed by atoms with Crippen LogP contribution in [0.5, 0.6) is 5.75 Å². The first-order chi connectivity index (χ1) is 10.0. The molecule has 0 amide bonds. The second-order valence-corrected chi connectivity index (χ2v) is 6.57. The van der Waals surface area contributed by atoms with Crippen molar-refractivity contribution in [2.45, 2.75) is 45.9 Å². The lowest BCUT2D eigenvalue weighted by Crippen LogP contribution is -2.24. The lowest BCUT2D eigenvalue weighted by atomic mass is 10.0. The molecule has 0 saturated carbocycles. The fraction of sp³-hybridized carbons (Fsp3) is 0.368. The van der Waals surface area contributed by atoms with Gasteiger partial charge in [0.1, 0.15) is 11.4 Å². The normalized spacial score (nSPS) is 15.6. The molecule has 0 aromatic heterocycles. The van der Waals surface area contributed by atoms with E-state index in [0.29, 0.717) is 0 Å². The van der Waals surface area contributed by atoms with Crippen molar-refractivity contribution in [3.05, 3.63) is 64.7 Å². The van der Waals surface area contributed by atoms with Crippen molar-refractivity contribution < 1.29 is 4.74 Å². The molecular formula is C19H23NO. The highest BCUT2D eigenvalue weighted by atomic mass is 16.5. The summed E-state index contributed by atoms with van der Waals surface area (Å²) in [5.41, 5.74) is 5.22. The standard InChI is InChI=1S/C19H23NO/c1-14-4-6-15(7-5-14)12-20-13-16-8-9-18-17(10-16)11-19(2,3)21-18/h4-10,20H,11-13H2,1-3H3. The van der Waals surface area contributed by atoms with Crippen LogP contribution in [0.1, 0.15) is 36.1 Å². The number of hydrogen-bond donors (Lipinski definition) is 1. The summed E-state index contributed by atoms with van der Waals surface area (Å²) in [6, 6.07) is 15.2. The summed E-state index contributed by atoms with van der Waals surface area (Å²) in [7, 11) is 0. The van der Waals surface area contributed by atoms with E-state index in [9.17, 15) is 0 Å². The summed E-state index contributed by atoms with van der Waals surface area (Å²) < 4.78 is 5.91. The molecule has 2 aromatic rings. The first-order valence-electron chi connectivity index (χ1n) is 7.59. The molecule has 0 spiro atoms. The van der Waals surface area contributed by atoms with Gasteiger partial charge in [-0.1, -0.05) is 42.0 Å². The Morgan fingerprint density at radius 2 is 1.67 bits per heavy atom. The summed E-state index contributed by atoms with van der Waals surface area (Å²) in [5.74, 6) is 1.04. The van der Waals surface area contributed by atoms with E-state index in [1.54, 1.807) is 0 Å². The molecule has 1 aliphatic rings. The average molecular weight is 281 g/mol. The van der Waals surface area contributed by atoms with Crippen LogP contribution in [-0.4, -0.2) is 5.60 Å². The Morgan fingerprint density at radius 3 is 2.43 bits per heavy atom. The van der Waals surface area contributed by atoms with Gasteiger partial charge in [-0.2, -0.15) is 0 Å². The second kappa shape index (κ2) is 5.53. The molecule has 1 aliphatic heterocycles. The Morgan fingerprint density at radius 1 is 1.00 bits per heavy atom. The molecular weight excluding hydrogens is 258 g/mol. The number of fused-ring (bicyclic) bond motifs is 1. The monoisotopic (exact) mass is 281 g/mol. The van der Waals surface area contributed by atoms with Gasteiger partial charge in [-0.15, -0.1) is 0 Å². The van der Waals surface area contributed by atoms with Crippen molar-refractivity contribution in [1.82, 2.24) is 5.32 Å². The molecule has 0 radical (unpaired) electrons. The minimum absolute atomic E-state index is 0.0592. The van der Waals surface area contributed by atoms with Crippen molar-refractivity contribution in [3.8, 4) is 5.75 Å². The van der Waals surface area contributed by atoms with E-state index in [0.717, 1.165) is 25.3 Å². The first kappa shape index (κ1) is 14.2. The third-order valence-electron chi connectivity index (χ3n) is 3.91. The van der Waals surface area contributed by atoms with Crippen molar-refractivity contribution in [3.63, 3.8) is 0 Å². The topological polar surface area (TPSA) is 21.3 Å². The van der Waals surface area contributed by atoms with Crippen molar-refractivity contribution in [1.29, 1.82) is 0 Å². The number of rotatable bonds is 4. The molecule has 1 N–H and O–H groups in total. The lowest BCUT2D eigenvalue weighted by molar-refractivity contribution is 0.138. The Hall–Kier alpha value is -1.80. The Labute approximate surface area is 127 Å². The predicted molar refractivity (Wildman–Crippen MR) is 86.6 cm³/mol. The van der Waals surface area contributed by atoms with E-state index in [1.807, 2.05) is 0 Å². The first-order valence-corrected chi connectivity index (χ1v) is 7.59. The minimum atomic E-state index is -0.0592. The molecule has 2 nitrogen and oxygen atoms in total. The quantitative estimate of drug-likeness (QED) is 0.914. The molecule has 0 atom stereocenters. The average Bonchev–Trinajstić information content (AvgIpc) is 2.74. The van der Waals surface area contributed by atoms with Gasteiger partial charge in [0.15, 0.2) is 0 Å². The highest BCUT2D eigenvalue weighted by Crippen LogP contribution is 2.35. The van der Waals surface area contributed by atoms with Crippen molar-refractivity contribution >= 4 is 0 Å². The SMILES string of the molecule is Cc1ccc(CNCc2ccc3c(c2)CC(C)(C)O3)cc1. The van der Waals surface area contributed by atoms with E-state index in [4.69, 9.17) is 4.74 Å². The van der Waals surface area contributed by atoms with Gasteiger partial charge < -0.3 is 10.1 Å². The molecule has 0 unspecified atom stereocenters. The highest BCUT2D eigenvalue weighted by molar-refractivity contribution is 5.41. The molecule has 2 aromatic carbocycles. The molecule has 0 bridgehead atoms. The van der Waals surface area contributed by atoms with Crippen LogP contribution in [0.4, 0.5) is 0 Å². The third-order valence-corrected chi connectivity index (χ3v) is 3.91. The van der Waals surface area contributed by atoms with Crippen molar-refractivity contribution in [2.75, 3.05) is 0 Å².